The zero-order valence-corrected chi connectivity index (χ0v) is 12.5. The number of nitrogens with one attached hydrogen (secondary N) is 3. The number of hydrogen-bond donors (Lipinski definition) is 5. The van der Waals surface area contributed by atoms with E-state index >= 15 is 0 Å². The van der Waals surface area contributed by atoms with Crippen LogP contribution < -0.4 is 16.8 Å². The molecule has 0 aliphatic carbocycles. The van der Waals surface area contributed by atoms with Crippen molar-refractivity contribution in [3.8, 4) is 0 Å². The van der Waals surface area contributed by atoms with Gasteiger partial charge in [-0.25, -0.2) is 4.98 Å². The monoisotopic (exact) mass is 311 g/mol. The number of aromatic nitrogens is 1. The fraction of sp³-hybridized carbons (Fsp3) is 0.0667. The summed E-state index contributed by atoms with van der Waals surface area (Å²) in [5, 5.41) is 18.0. The Kier molecular flexibility index (Phi) is 4.88. The Morgan fingerprint density at radius 3 is 2.83 bits per heavy atom. The zero-order chi connectivity index (χ0) is 16.8. The molecule has 0 spiro atoms. The van der Waals surface area contributed by atoms with Crippen LogP contribution >= 0.6 is 0 Å². The van der Waals surface area contributed by atoms with E-state index in [0.29, 0.717) is 28.5 Å². The predicted octanol–water partition coefficient (Wildman–Crippen LogP) is 1.69. The topological polar surface area (TPSA) is 146 Å². The van der Waals surface area contributed by atoms with Gasteiger partial charge in [-0.05, 0) is 30.3 Å². The minimum absolute atomic E-state index is 0.202. The average Bonchev–Trinajstić information content (AvgIpc) is 2.56. The van der Waals surface area contributed by atoms with Gasteiger partial charge in [0, 0.05) is 24.5 Å². The molecule has 0 amide bonds. The Morgan fingerprint density at radius 2 is 2.13 bits per heavy atom. The third-order valence-corrected chi connectivity index (χ3v) is 2.91. The lowest BCUT2D eigenvalue weighted by molar-refractivity contribution is 0.531. The molecule has 8 heteroatoms. The first-order chi connectivity index (χ1) is 11.0. The Labute approximate surface area is 133 Å². The van der Waals surface area contributed by atoms with Gasteiger partial charge >= 0.3 is 0 Å². The van der Waals surface area contributed by atoms with Crippen LogP contribution in [-0.4, -0.2) is 30.2 Å². The highest BCUT2D eigenvalue weighted by molar-refractivity contribution is 5.98. The molecule has 0 saturated heterocycles. The fourth-order valence-corrected chi connectivity index (χ4v) is 1.76. The van der Waals surface area contributed by atoms with Gasteiger partial charge in [-0.1, -0.05) is 6.07 Å². The standard InChI is InChI=1S/C15H17N7O/c1-20-13-4-2-3-12(22-13)14(18)23-15(19)21-10-5-6-11(17)9(7-10)8-16/h2-8,16,18H,17H2,1H3,(H2,19,21)(H,20,22). The van der Waals surface area contributed by atoms with Gasteiger partial charge in [-0.3, -0.25) is 5.41 Å². The number of hydrogen-bond acceptors (Lipinski definition) is 7. The quantitative estimate of drug-likeness (QED) is 0.331. The van der Waals surface area contributed by atoms with Crippen LogP contribution in [0.1, 0.15) is 11.3 Å². The number of ether oxygens (including phenoxy) is 1. The summed E-state index contributed by atoms with van der Waals surface area (Å²) < 4.78 is 5.18. The molecule has 2 rings (SSSR count). The second-order valence-electron chi connectivity index (χ2n) is 4.50. The summed E-state index contributed by atoms with van der Waals surface area (Å²) in [7, 11) is 1.73. The molecule has 8 nitrogen and oxygen atoms in total. The van der Waals surface area contributed by atoms with E-state index in [1.807, 2.05) is 0 Å². The molecule has 2 aromatic rings. The van der Waals surface area contributed by atoms with Crippen molar-refractivity contribution in [2.24, 2.45) is 10.7 Å². The summed E-state index contributed by atoms with van der Waals surface area (Å²) in [5.41, 5.74) is 13.2. The molecule has 0 aliphatic heterocycles. The number of nitrogens with zero attached hydrogens (tertiary/aromatic N) is 2. The maximum absolute atomic E-state index is 7.88. The van der Waals surface area contributed by atoms with Crippen molar-refractivity contribution in [2.75, 3.05) is 18.1 Å². The van der Waals surface area contributed by atoms with Gasteiger partial charge in [-0.2, -0.15) is 4.99 Å². The van der Waals surface area contributed by atoms with Crippen LogP contribution in [0.25, 0.3) is 0 Å². The van der Waals surface area contributed by atoms with E-state index < -0.39 is 0 Å². The van der Waals surface area contributed by atoms with Gasteiger partial charge in [0.2, 0.25) is 5.90 Å². The van der Waals surface area contributed by atoms with Crippen LogP contribution in [0.5, 0.6) is 0 Å². The van der Waals surface area contributed by atoms with Crippen molar-refractivity contribution in [1.29, 1.82) is 10.8 Å². The number of pyridine rings is 1. The normalized spacial score (nSPS) is 10.9. The molecule has 1 aromatic heterocycles. The Morgan fingerprint density at radius 1 is 1.35 bits per heavy atom. The number of benzene rings is 1. The van der Waals surface area contributed by atoms with Gasteiger partial charge in [0.15, 0.2) is 0 Å². The minimum Gasteiger partial charge on any atom is -0.405 e. The molecule has 118 valence electrons. The van der Waals surface area contributed by atoms with Crippen LogP contribution in [0.15, 0.2) is 41.4 Å². The summed E-state index contributed by atoms with van der Waals surface area (Å²) in [6, 6.07) is 9.80. The maximum Gasteiger partial charge on any atom is 0.294 e. The van der Waals surface area contributed by atoms with E-state index in [0.717, 1.165) is 6.21 Å². The van der Waals surface area contributed by atoms with E-state index in [2.05, 4.69) is 15.3 Å². The number of amidine groups is 1. The number of nitrogens with two attached hydrogens (primary N) is 2. The van der Waals surface area contributed by atoms with Gasteiger partial charge in [0.05, 0.1) is 5.69 Å². The van der Waals surface area contributed by atoms with Crippen molar-refractivity contribution in [2.45, 2.75) is 0 Å². The molecular weight excluding hydrogens is 294 g/mol. The smallest absolute Gasteiger partial charge is 0.294 e. The Hall–Kier alpha value is -3.42. The van der Waals surface area contributed by atoms with E-state index in [4.69, 9.17) is 27.0 Å². The lowest BCUT2D eigenvalue weighted by Crippen LogP contribution is -2.21. The molecule has 0 aliphatic rings. The molecule has 0 unspecified atom stereocenters. The molecule has 0 atom stereocenters. The molecule has 0 saturated carbocycles. The summed E-state index contributed by atoms with van der Waals surface area (Å²) >= 11 is 0. The largest absolute Gasteiger partial charge is 0.405 e. The van der Waals surface area contributed by atoms with Crippen LogP contribution in [0.3, 0.4) is 0 Å². The third kappa shape index (κ3) is 4.03. The lowest BCUT2D eigenvalue weighted by atomic mass is 10.2. The predicted molar refractivity (Wildman–Crippen MR) is 91.7 cm³/mol. The number of rotatable bonds is 4. The summed E-state index contributed by atoms with van der Waals surface area (Å²) in [5.74, 6) is 0.395. The number of anilines is 2. The van der Waals surface area contributed by atoms with E-state index in [9.17, 15) is 0 Å². The van der Waals surface area contributed by atoms with Crippen LogP contribution in [0.2, 0.25) is 0 Å². The van der Waals surface area contributed by atoms with Crippen molar-refractivity contribution in [1.82, 2.24) is 4.98 Å². The number of aliphatic imine (C=N–C) groups is 1. The molecule has 0 fully saturated rings. The highest BCUT2D eigenvalue weighted by Gasteiger charge is 2.08. The lowest BCUT2D eigenvalue weighted by Gasteiger charge is -2.07. The van der Waals surface area contributed by atoms with Crippen molar-refractivity contribution in [3.63, 3.8) is 0 Å². The van der Waals surface area contributed by atoms with Gasteiger partial charge in [0.25, 0.3) is 6.02 Å². The molecule has 1 heterocycles. The van der Waals surface area contributed by atoms with Crippen LogP contribution in [0.4, 0.5) is 17.2 Å². The molecular formula is C15H17N7O. The van der Waals surface area contributed by atoms with E-state index in [1.54, 1.807) is 43.4 Å². The van der Waals surface area contributed by atoms with Crippen LogP contribution in [0, 0.1) is 10.8 Å². The summed E-state index contributed by atoms with van der Waals surface area (Å²) in [6.07, 6.45) is 1.13. The molecule has 7 N–H and O–H groups in total. The van der Waals surface area contributed by atoms with Crippen molar-refractivity contribution < 1.29 is 4.74 Å². The second kappa shape index (κ2) is 7.03. The minimum atomic E-state index is -0.217. The average molecular weight is 311 g/mol. The van der Waals surface area contributed by atoms with E-state index in [-0.39, 0.29) is 11.9 Å². The third-order valence-electron chi connectivity index (χ3n) is 2.91. The fourth-order valence-electron chi connectivity index (χ4n) is 1.76. The summed E-state index contributed by atoms with van der Waals surface area (Å²) in [4.78, 5) is 8.22. The molecule has 1 aromatic carbocycles. The van der Waals surface area contributed by atoms with Crippen molar-refractivity contribution in [3.05, 3.63) is 47.7 Å². The van der Waals surface area contributed by atoms with Crippen molar-refractivity contribution >= 4 is 35.3 Å². The summed E-state index contributed by atoms with van der Waals surface area (Å²) in [6.45, 7) is 0. The number of nitrogen functional groups attached to an aromatic ring is 1. The highest BCUT2D eigenvalue weighted by Crippen LogP contribution is 2.18. The van der Waals surface area contributed by atoms with Gasteiger partial charge in [-0.15, -0.1) is 0 Å². The van der Waals surface area contributed by atoms with Gasteiger partial charge < -0.3 is 26.9 Å². The maximum atomic E-state index is 7.88. The zero-order valence-electron chi connectivity index (χ0n) is 12.5. The SMILES string of the molecule is CNc1cccc(C(=N)OC(N)=Nc2ccc(N)c(C=N)c2)n1. The highest BCUT2D eigenvalue weighted by atomic mass is 16.5. The Balaban J connectivity index is 2.15. The van der Waals surface area contributed by atoms with Gasteiger partial charge in [0.1, 0.15) is 11.5 Å². The van der Waals surface area contributed by atoms with Crippen LogP contribution in [-0.2, 0) is 4.74 Å². The Bertz CT molecular complexity index is 770. The van der Waals surface area contributed by atoms with E-state index in [1.165, 1.54) is 0 Å². The molecule has 23 heavy (non-hydrogen) atoms. The molecule has 0 radical (unpaired) electrons. The first-order valence-electron chi connectivity index (χ1n) is 6.69. The molecule has 0 bridgehead atoms. The first kappa shape index (κ1) is 16.0. The second-order valence-corrected chi connectivity index (χ2v) is 4.50. The first-order valence-corrected chi connectivity index (χ1v) is 6.69.